The zero-order chi connectivity index (χ0) is 17.2. The highest BCUT2D eigenvalue weighted by atomic mass is 16.3. The van der Waals surface area contributed by atoms with Gasteiger partial charge in [0.1, 0.15) is 11.6 Å². The van der Waals surface area contributed by atoms with Crippen LogP contribution in [0.25, 0.3) is 0 Å². The molecule has 128 valence electrons. The average Bonchev–Trinajstić information content (AvgIpc) is 2.53. The van der Waals surface area contributed by atoms with E-state index in [4.69, 9.17) is 11.1 Å². The number of benzene rings is 1. The molecule has 0 bridgehead atoms. The standard InChI is InChI=1S/C17H27N3O3/c1-2-3-4-5-6-7-12-20(17(23)15(18)19)16(22)13-8-10-14(21)11-9-13/h8-11,17,21,23H,2-7,12H2,1H3,(H3,18,19). The molecule has 23 heavy (non-hydrogen) atoms. The minimum absolute atomic E-state index is 0.0659. The molecule has 0 aliphatic heterocycles. The van der Waals surface area contributed by atoms with Crippen molar-refractivity contribution in [2.24, 2.45) is 5.73 Å². The van der Waals surface area contributed by atoms with Crippen molar-refractivity contribution < 1.29 is 15.0 Å². The monoisotopic (exact) mass is 321 g/mol. The number of hydrogen-bond donors (Lipinski definition) is 4. The van der Waals surface area contributed by atoms with Gasteiger partial charge in [-0.2, -0.15) is 0 Å². The predicted octanol–water partition coefficient (Wildman–Crippen LogP) is 2.45. The topological polar surface area (TPSA) is 111 Å². The number of aliphatic hydroxyl groups is 1. The highest BCUT2D eigenvalue weighted by molar-refractivity contribution is 5.97. The number of carbonyl (C=O) groups is 1. The van der Waals surface area contributed by atoms with Crippen LogP contribution in [0.1, 0.15) is 55.8 Å². The molecule has 6 heteroatoms. The van der Waals surface area contributed by atoms with Crippen LogP contribution >= 0.6 is 0 Å². The average molecular weight is 321 g/mol. The molecule has 0 fully saturated rings. The maximum Gasteiger partial charge on any atom is 0.256 e. The second-order valence-electron chi connectivity index (χ2n) is 5.64. The Labute approximate surface area is 137 Å². The zero-order valence-electron chi connectivity index (χ0n) is 13.7. The van der Waals surface area contributed by atoms with Gasteiger partial charge in [0.25, 0.3) is 5.91 Å². The van der Waals surface area contributed by atoms with Gasteiger partial charge in [-0.15, -0.1) is 0 Å². The van der Waals surface area contributed by atoms with E-state index in [2.05, 4.69) is 6.92 Å². The zero-order valence-corrected chi connectivity index (χ0v) is 13.7. The van der Waals surface area contributed by atoms with Crippen LogP contribution in [0.15, 0.2) is 24.3 Å². The fourth-order valence-corrected chi connectivity index (χ4v) is 2.34. The Kier molecular flexibility index (Phi) is 8.11. The number of rotatable bonds is 10. The Hall–Kier alpha value is -2.08. The van der Waals surface area contributed by atoms with E-state index in [0.29, 0.717) is 12.1 Å². The molecule has 1 rings (SSSR count). The second kappa shape index (κ2) is 9.84. The number of hydrogen-bond acceptors (Lipinski definition) is 4. The second-order valence-corrected chi connectivity index (χ2v) is 5.64. The van der Waals surface area contributed by atoms with Gasteiger partial charge in [0.05, 0.1) is 0 Å². The molecule has 1 aromatic rings. The van der Waals surface area contributed by atoms with E-state index in [1.54, 1.807) is 0 Å². The van der Waals surface area contributed by atoms with Crippen molar-refractivity contribution in [3.8, 4) is 5.75 Å². The summed E-state index contributed by atoms with van der Waals surface area (Å²) in [5.74, 6) is -0.791. The molecular formula is C17H27N3O3. The Morgan fingerprint density at radius 3 is 2.30 bits per heavy atom. The highest BCUT2D eigenvalue weighted by Gasteiger charge is 2.24. The van der Waals surface area contributed by atoms with Gasteiger partial charge < -0.3 is 20.8 Å². The summed E-state index contributed by atoms with van der Waals surface area (Å²) in [7, 11) is 0. The number of nitrogens with zero attached hydrogens (tertiary/aromatic N) is 1. The van der Waals surface area contributed by atoms with E-state index in [1.807, 2.05) is 0 Å². The molecule has 5 N–H and O–H groups in total. The number of nitrogens with one attached hydrogen (secondary N) is 1. The first kappa shape index (κ1) is 19.0. The quantitative estimate of drug-likeness (QED) is 0.229. The lowest BCUT2D eigenvalue weighted by atomic mass is 10.1. The molecule has 1 atom stereocenters. The molecule has 1 aromatic carbocycles. The largest absolute Gasteiger partial charge is 0.508 e. The van der Waals surface area contributed by atoms with Crippen molar-refractivity contribution in [3.05, 3.63) is 29.8 Å². The van der Waals surface area contributed by atoms with Gasteiger partial charge in [0, 0.05) is 12.1 Å². The minimum atomic E-state index is -1.42. The Morgan fingerprint density at radius 1 is 1.17 bits per heavy atom. The summed E-state index contributed by atoms with van der Waals surface area (Å²) in [6.45, 7) is 2.49. The first-order chi connectivity index (χ1) is 11.0. The van der Waals surface area contributed by atoms with Gasteiger partial charge in [-0.1, -0.05) is 39.0 Å². The number of aromatic hydroxyl groups is 1. The molecule has 0 saturated heterocycles. The number of carbonyl (C=O) groups excluding carboxylic acids is 1. The number of nitrogens with two attached hydrogens (primary N) is 1. The van der Waals surface area contributed by atoms with Gasteiger partial charge in [-0.05, 0) is 30.7 Å². The lowest BCUT2D eigenvalue weighted by Crippen LogP contribution is -2.48. The third-order valence-electron chi connectivity index (χ3n) is 3.70. The van der Waals surface area contributed by atoms with Gasteiger partial charge >= 0.3 is 0 Å². The predicted molar refractivity (Wildman–Crippen MR) is 90.4 cm³/mol. The summed E-state index contributed by atoms with van der Waals surface area (Å²) < 4.78 is 0. The van der Waals surface area contributed by atoms with E-state index < -0.39 is 18.0 Å². The number of unbranched alkanes of at least 4 members (excludes halogenated alkanes) is 5. The lowest BCUT2D eigenvalue weighted by Gasteiger charge is -2.27. The molecule has 0 saturated carbocycles. The smallest absolute Gasteiger partial charge is 0.256 e. The minimum Gasteiger partial charge on any atom is -0.508 e. The number of amidine groups is 1. The number of aliphatic hydroxyl groups excluding tert-OH is 1. The van der Waals surface area contributed by atoms with Gasteiger partial charge in [0.15, 0.2) is 6.23 Å². The van der Waals surface area contributed by atoms with Crippen molar-refractivity contribution in [2.75, 3.05) is 6.54 Å². The summed E-state index contributed by atoms with van der Waals surface area (Å²) >= 11 is 0. The van der Waals surface area contributed by atoms with Crippen LogP contribution in [0.3, 0.4) is 0 Å². The van der Waals surface area contributed by atoms with Crippen molar-refractivity contribution in [1.29, 1.82) is 5.41 Å². The Bertz CT molecular complexity index is 502. The van der Waals surface area contributed by atoms with Gasteiger partial charge in [0.2, 0.25) is 0 Å². The molecular weight excluding hydrogens is 294 g/mol. The first-order valence-corrected chi connectivity index (χ1v) is 8.09. The van der Waals surface area contributed by atoms with Crippen molar-refractivity contribution >= 4 is 11.7 Å². The fourth-order valence-electron chi connectivity index (χ4n) is 2.34. The number of phenolic OH excluding ortho intramolecular Hbond substituents is 1. The third kappa shape index (κ3) is 6.28. The van der Waals surface area contributed by atoms with Gasteiger partial charge in [-0.3, -0.25) is 10.2 Å². The van der Waals surface area contributed by atoms with E-state index in [9.17, 15) is 15.0 Å². The maximum absolute atomic E-state index is 12.5. The summed E-state index contributed by atoms with van der Waals surface area (Å²) in [6, 6.07) is 5.80. The third-order valence-corrected chi connectivity index (χ3v) is 3.70. The maximum atomic E-state index is 12.5. The van der Waals surface area contributed by atoms with Crippen molar-refractivity contribution in [1.82, 2.24) is 4.90 Å². The van der Waals surface area contributed by atoms with Crippen LogP contribution in [-0.4, -0.2) is 39.6 Å². The Morgan fingerprint density at radius 2 is 1.74 bits per heavy atom. The van der Waals surface area contributed by atoms with Crippen LogP contribution in [0.2, 0.25) is 0 Å². The van der Waals surface area contributed by atoms with Crippen LogP contribution in [0, 0.1) is 5.41 Å². The number of amides is 1. The van der Waals surface area contributed by atoms with Crippen LogP contribution < -0.4 is 5.73 Å². The molecule has 0 radical (unpaired) electrons. The van der Waals surface area contributed by atoms with Crippen LogP contribution in [-0.2, 0) is 0 Å². The molecule has 0 aliphatic rings. The van der Waals surface area contributed by atoms with Crippen molar-refractivity contribution in [2.45, 2.75) is 51.7 Å². The molecule has 6 nitrogen and oxygen atoms in total. The van der Waals surface area contributed by atoms with E-state index in [1.165, 1.54) is 42.0 Å². The van der Waals surface area contributed by atoms with Crippen LogP contribution in [0.4, 0.5) is 0 Å². The molecule has 0 aromatic heterocycles. The Balaban J connectivity index is 2.66. The lowest BCUT2D eigenvalue weighted by molar-refractivity contribution is 0.0363. The fraction of sp³-hybridized carbons (Fsp3) is 0.529. The molecule has 1 amide bonds. The van der Waals surface area contributed by atoms with Gasteiger partial charge in [-0.25, -0.2) is 0 Å². The van der Waals surface area contributed by atoms with E-state index in [0.717, 1.165) is 25.7 Å². The summed E-state index contributed by atoms with van der Waals surface area (Å²) in [6.07, 6.45) is 4.91. The molecule has 1 unspecified atom stereocenters. The normalized spacial score (nSPS) is 11.9. The van der Waals surface area contributed by atoms with Crippen molar-refractivity contribution in [3.63, 3.8) is 0 Å². The SMILES string of the molecule is CCCCCCCCN(C(=O)c1ccc(O)cc1)C(O)C(=N)N. The number of phenols is 1. The molecule has 0 spiro atoms. The summed E-state index contributed by atoms with van der Waals surface area (Å²) in [5.41, 5.74) is 5.69. The molecule has 0 aliphatic carbocycles. The van der Waals surface area contributed by atoms with E-state index in [-0.39, 0.29) is 5.75 Å². The first-order valence-electron chi connectivity index (χ1n) is 8.09. The summed E-state index contributed by atoms with van der Waals surface area (Å²) in [4.78, 5) is 13.7. The van der Waals surface area contributed by atoms with E-state index >= 15 is 0 Å². The highest BCUT2D eigenvalue weighted by Crippen LogP contribution is 2.14. The van der Waals surface area contributed by atoms with Crippen LogP contribution in [0.5, 0.6) is 5.75 Å². The summed E-state index contributed by atoms with van der Waals surface area (Å²) in [5, 5.41) is 26.7. The molecule has 0 heterocycles.